The maximum absolute atomic E-state index is 12.2. The Morgan fingerprint density at radius 1 is 1.12 bits per heavy atom. The third-order valence-corrected chi connectivity index (χ3v) is 4.98. The molecule has 2 aliphatic rings. The average molecular weight is 331 g/mol. The van der Waals surface area contributed by atoms with Gasteiger partial charge in [-0.05, 0) is 31.2 Å². The molecule has 0 unspecified atom stereocenters. The average Bonchev–Trinajstić information content (AvgIpc) is 3.23. The van der Waals surface area contributed by atoms with Crippen molar-refractivity contribution in [1.82, 2.24) is 10.6 Å². The zero-order valence-corrected chi connectivity index (χ0v) is 13.7. The van der Waals surface area contributed by atoms with E-state index in [0.29, 0.717) is 18.9 Å². The van der Waals surface area contributed by atoms with Gasteiger partial charge in [0.2, 0.25) is 5.91 Å². The lowest BCUT2D eigenvalue weighted by atomic mass is 9.94. The summed E-state index contributed by atoms with van der Waals surface area (Å²) in [5, 5.41) is 5.94. The summed E-state index contributed by atoms with van der Waals surface area (Å²) in [6.07, 6.45) is 3.93. The molecule has 130 valence electrons. The fourth-order valence-electron chi connectivity index (χ4n) is 3.72. The minimum absolute atomic E-state index is 0.137. The van der Waals surface area contributed by atoms with Gasteiger partial charge in [-0.3, -0.25) is 4.79 Å². The van der Waals surface area contributed by atoms with Crippen molar-refractivity contribution in [3.05, 3.63) is 35.9 Å². The maximum Gasteiger partial charge on any atom is 0.315 e. The maximum atomic E-state index is 12.2. The van der Waals surface area contributed by atoms with Crippen LogP contribution in [0.15, 0.2) is 30.3 Å². The van der Waals surface area contributed by atoms with Crippen LogP contribution >= 0.6 is 0 Å². The first kappa shape index (κ1) is 16.8. The number of primary amides is 1. The van der Waals surface area contributed by atoms with Crippen LogP contribution in [0.1, 0.15) is 43.6 Å². The summed E-state index contributed by atoms with van der Waals surface area (Å²) in [5.74, 6) is -0.0578. The van der Waals surface area contributed by atoms with E-state index in [9.17, 15) is 9.59 Å². The number of urea groups is 1. The third-order valence-electron chi connectivity index (χ3n) is 4.98. The van der Waals surface area contributed by atoms with Crippen molar-refractivity contribution in [3.8, 4) is 0 Å². The van der Waals surface area contributed by atoms with Gasteiger partial charge < -0.3 is 21.1 Å². The molecule has 1 saturated carbocycles. The second kappa shape index (κ2) is 7.66. The number of carbonyl (C=O) groups is 2. The molecule has 1 heterocycles. The lowest BCUT2D eigenvalue weighted by Crippen LogP contribution is -2.45. The third kappa shape index (κ3) is 4.06. The van der Waals surface area contributed by atoms with Crippen LogP contribution in [0, 0.1) is 0 Å². The minimum Gasteiger partial charge on any atom is -0.367 e. The zero-order chi connectivity index (χ0) is 16.9. The SMILES string of the molecule is NC(=O)[C@H]1CC[C@@H](CNC(=O)N[C@@H]2CCC[C@H]2c2ccccc2)O1. The Kier molecular flexibility index (Phi) is 5.35. The number of hydrogen-bond acceptors (Lipinski definition) is 3. The minimum atomic E-state index is -0.517. The quantitative estimate of drug-likeness (QED) is 0.766. The van der Waals surface area contributed by atoms with Crippen molar-refractivity contribution in [2.24, 2.45) is 5.73 Å². The first-order valence-corrected chi connectivity index (χ1v) is 8.67. The van der Waals surface area contributed by atoms with Gasteiger partial charge in [-0.1, -0.05) is 36.8 Å². The van der Waals surface area contributed by atoms with Crippen molar-refractivity contribution < 1.29 is 14.3 Å². The Labute approximate surface area is 142 Å². The molecule has 6 heteroatoms. The highest BCUT2D eigenvalue weighted by Gasteiger charge is 2.31. The number of amides is 3. The Morgan fingerprint density at radius 3 is 2.62 bits per heavy atom. The molecule has 0 radical (unpaired) electrons. The molecule has 0 spiro atoms. The monoisotopic (exact) mass is 331 g/mol. The van der Waals surface area contributed by atoms with Crippen molar-refractivity contribution >= 4 is 11.9 Å². The van der Waals surface area contributed by atoms with E-state index in [-0.39, 0.29) is 18.2 Å². The van der Waals surface area contributed by atoms with Crippen molar-refractivity contribution in [2.45, 2.75) is 56.3 Å². The highest BCUT2D eigenvalue weighted by molar-refractivity contribution is 5.79. The summed E-state index contributed by atoms with van der Waals surface area (Å²) >= 11 is 0. The van der Waals surface area contributed by atoms with Crippen LogP contribution in [0.25, 0.3) is 0 Å². The fraction of sp³-hybridized carbons (Fsp3) is 0.556. The van der Waals surface area contributed by atoms with Gasteiger partial charge in [-0.15, -0.1) is 0 Å². The molecule has 3 amide bonds. The second-order valence-corrected chi connectivity index (χ2v) is 6.64. The Hall–Kier alpha value is -2.08. The number of carbonyl (C=O) groups excluding carboxylic acids is 2. The number of nitrogens with two attached hydrogens (primary N) is 1. The molecular weight excluding hydrogens is 306 g/mol. The van der Waals surface area contributed by atoms with E-state index in [1.807, 2.05) is 18.2 Å². The molecule has 4 N–H and O–H groups in total. The molecule has 2 fully saturated rings. The molecule has 1 aliphatic heterocycles. The summed E-state index contributed by atoms with van der Waals surface area (Å²) in [6.45, 7) is 0.401. The molecule has 1 aromatic carbocycles. The van der Waals surface area contributed by atoms with Gasteiger partial charge in [0.25, 0.3) is 0 Å². The summed E-state index contributed by atoms with van der Waals surface area (Å²) in [5.41, 5.74) is 6.51. The van der Waals surface area contributed by atoms with Crippen molar-refractivity contribution in [2.75, 3.05) is 6.54 Å². The Bertz CT molecular complexity index is 578. The van der Waals surface area contributed by atoms with Gasteiger partial charge >= 0.3 is 6.03 Å². The van der Waals surface area contributed by atoms with Crippen LogP contribution in [-0.2, 0) is 9.53 Å². The molecule has 24 heavy (non-hydrogen) atoms. The van der Waals surface area contributed by atoms with Gasteiger partial charge in [0.15, 0.2) is 0 Å². The molecule has 6 nitrogen and oxygen atoms in total. The van der Waals surface area contributed by atoms with E-state index in [2.05, 4.69) is 22.8 Å². The lowest BCUT2D eigenvalue weighted by molar-refractivity contribution is -0.128. The Morgan fingerprint density at radius 2 is 1.92 bits per heavy atom. The molecule has 3 rings (SSSR count). The fourth-order valence-corrected chi connectivity index (χ4v) is 3.72. The normalized spacial score (nSPS) is 29.3. The molecule has 1 aromatic rings. The number of nitrogens with one attached hydrogen (secondary N) is 2. The zero-order valence-electron chi connectivity index (χ0n) is 13.7. The number of ether oxygens (including phenoxy) is 1. The lowest BCUT2D eigenvalue weighted by Gasteiger charge is -2.22. The molecule has 1 aliphatic carbocycles. The number of benzene rings is 1. The number of rotatable bonds is 5. The highest BCUT2D eigenvalue weighted by atomic mass is 16.5. The summed E-state index contributed by atoms with van der Waals surface area (Å²) in [4.78, 5) is 23.3. The summed E-state index contributed by atoms with van der Waals surface area (Å²) in [7, 11) is 0. The Balaban J connectivity index is 1.46. The van der Waals surface area contributed by atoms with E-state index in [0.717, 1.165) is 25.7 Å². The van der Waals surface area contributed by atoms with Gasteiger partial charge in [-0.25, -0.2) is 4.79 Å². The largest absolute Gasteiger partial charge is 0.367 e. The van der Waals surface area contributed by atoms with Crippen molar-refractivity contribution in [3.63, 3.8) is 0 Å². The van der Waals surface area contributed by atoms with Crippen molar-refractivity contribution in [1.29, 1.82) is 0 Å². The molecule has 4 atom stereocenters. The van der Waals surface area contributed by atoms with Gasteiger partial charge in [0.1, 0.15) is 6.10 Å². The topological polar surface area (TPSA) is 93.5 Å². The van der Waals surface area contributed by atoms with Gasteiger partial charge in [0.05, 0.1) is 6.10 Å². The second-order valence-electron chi connectivity index (χ2n) is 6.64. The van der Waals surface area contributed by atoms with Crippen LogP contribution in [0.2, 0.25) is 0 Å². The van der Waals surface area contributed by atoms with Crippen LogP contribution in [0.4, 0.5) is 4.79 Å². The van der Waals surface area contributed by atoms with Crippen LogP contribution < -0.4 is 16.4 Å². The van der Waals surface area contributed by atoms with E-state index in [4.69, 9.17) is 10.5 Å². The first-order chi connectivity index (χ1) is 11.6. The molecule has 1 saturated heterocycles. The molecular formula is C18H25N3O3. The summed E-state index contributed by atoms with van der Waals surface area (Å²) in [6, 6.07) is 10.3. The van der Waals surface area contributed by atoms with E-state index < -0.39 is 12.0 Å². The summed E-state index contributed by atoms with van der Waals surface area (Å²) < 4.78 is 5.52. The van der Waals surface area contributed by atoms with Crippen LogP contribution in [0.5, 0.6) is 0 Å². The highest BCUT2D eigenvalue weighted by Crippen LogP contribution is 2.34. The molecule has 0 aromatic heterocycles. The standard InChI is InChI=1S/C18H25N3O3/c19-17(22)16-10-9-13(24-16)11-20-18(23)21-15-8-4-7-14(15)12-5-2-1-3-6-12/h1-3,5-6,13-16H,4,7-11H2,(H2,19,22)(H2,20,21,23)/t13-,14-,15+,16+/m0/s1. The molecule has 0 bridgehead atoms. The smallest absolute Gasteiger partial charge is 0.315 e. The predicted molar refractivity (Wildman–Crippen MR) is 90.4 cm³/mol. The predicted octanol–water partition coefficient (Wildman–Crippen LogP) is 1.65. The van der Waals surface area contributed by atoms with Gasteiger partial charge in [0, 0.05) is 18.5 Å². The van der Waals surface area contributed by atoms with Crippen LogP contribution in [0.3, 0.4) is 0 Å². The number of hydrogen-bond donors (Lipinski definition) is 3. The first-order valence-electron chi connectivity index (χ1n) is 8.67. The van der Waals surface area contributed by atoms with E-state index >= 15 is 0 Å². The van der Waals surface area contributed by atoms with E-state index in [1.54, 1.807) is 0 Å². The van der Waals surface area contributed by atoms with Crippen LogP contribution in [-0.4, -0.2) is 36.7 Å². The van der Waals surface area contributed by atoms with Gasteiger partial charge in [-0.2, -0.15) is 0 Å². The van der Waals surface area contributed by atoms with E-state index in [1.165, 1.54) is 5.56 Å².